The van der Waals surface area contributed by atoms with E-state index in [-0.39, 0.29) is 12.1 Å². The number of hydrogen-bond acceptors (Lipinski definition) is 3. The van der Waals surface area contributed by atoms with Crippen LogP contribution in [0.2, 0.25) is 0 Å². The first-order valence-electron chi connectivity index (χ1n) is 8.11. The molecule has 0 aliphatic heterocycles. The average molecular weight is 356 g/mol. The van der Waals surface area contributed by atoms with E-state index in [2.05, 4.69) is 10.3 Å². The third kappa shape index (κ3) is 3.96. The van der Waals surface area contributed by atoms with Crippen molar-refractivity contribution in [3.8, 4) is 11.5 Å². The molecule has 134 valence electrons. The Morgan fingerprint density at radius 1 is 1.12 bits per heavy atom. The largest absolute Gasteiger partial charge is 0.444 e. The third-order valence-electron chi connectivity index (χ3n) is 4.03. The summed E-state index contributed by atoms with van der Waals surface area (Å²) < 4.78 is 32.0. The van der Waals surface area contributed by atoms with Gasteiger partial charge in [-0.3, -0.25) is 4.79 Å². The number of rotatable bonds is 5. The highest BCUT2D eigenvalue weighted by atomic mass is 19.1. The Morgan fingerprint density at radius 3 is 2.42 bits per heavy atom. The van der Waals surface area contributed by atoms with E-state index in [9.17, 15) is 13.6 Å². The molecule has 0 saturated carbocycles. The summed E-state index contributed by atoms with van der Waals surface area (Å²) in [5.74, 6) is -1.65. The van der Waals surface area contributed by atoms with Gasteiger partial charge in [0.2, 0.25) is 5.89 Å². The zero-order valence-electron chi connectivity index (χ0n) is 14.4. The van der Waals surface area contributed by atoms with Gasteiger partial charge in [-0.25, -0.2) is 13.8 Å². The standard InChI is InChI=1S/C20H18F2N2O2/c1-20(2,12-23-18(25)14-8-15(21)10-16(22)9-14)17-11-26-19(24-17)13-6-4-3-5-7-13/h3-11H,12H2,1-2H3,(H,23,25). The van der Waals surface area contributed by atoms with Crippen molar-refractivity contribution in [3.63, 3.8) is 0 Å². The summed E-state index contributed by atoms with van der Waals surface area (Å²) in [5.41, 5.74) is 0.928. The van der Waals surface area contributed by atoms with Crippen LogP contribution in [0, 0.1) is 11.6 Å². The minimum Gasteiger partial charge on any atom is -0.444 e. The maximum Gasteiger partial charge on any atom is 0.251 e. The van der Waals surface area contributed by atoms with Gasteiger partial charge in [0.25, 0.3) is 5.91 Å². The first kappa shape index (κ1) is 17.8. The smallest absolute Gasteiger partial charge is 0.251 e. The van der Waals surface area contributed by atoms with Crippen molar-refractivity contribution in [3.05, 3.63) is 77.7 Å². The maximum absolute atomic E-state index is 13.2. The minimum atomic E-state index is -0.793. The van der Waals surface area contributed by atoms with Gasteiger partial charge in [-0.15, -0.1) is 0 Å². The quantitative estimate of drug-likeness (QED) is 0.740. The molecule has 1 aromatic heterocycles. The number of aromatic nitrogens is 1. The molecule has 0 atom stereocenters. The Labute approximate surface area is 149 Å². The van der Waals surface area contributed by atoms with Crippen LogP contribution in [0.3, 0.4) is 0 Å². The highest BCUT2D eigenvalue weighted by Crippen LogP contribution is 2.26. The number of carbonyl (C=O) groups excluding carboxylic acids is 1. The van der Waals surface area contributed by atoms with E-state index in [0.717, 1.165) is 23.8 Å². The predicted molar refractivity (Wildman–Crippen MR) is 93.7 cm³/mol. The van der Waals surface area contributed by atoms with Crippen molar-refractivity contribution in [1.29, 1.82) is 0 Å². The van der Waals surface area contributed by atoms with Gasteiger partial charge in [0.15, 0.2) is 0 Å². The Bertz CT molecular complexity index is 900. The normalized spacial score (nSPS) is 11.4. The van der Waals surface area contributed by atoms with Crippen molar-refractivity contribution in [1.82, 2.24) is 10.3 Å². The third-order valence-corrected chi connectivity index (χ3v) is 4.03. The van der Waals surface area contributed by atoms with Gasteiger partial charge in [-0.2, -0.15) is 0 Å². The molecular formula is C20H18F2N2O2. The van der Waals surface area contributed by atoms with Gasteiger partial charge in [0, 0.05) is 29.2 Å². The fraction of sp³-hybridized carbons (Fsp3) is 0.200. The van der Waals surface area contributed by atoms with Crippen LogP contribution in [0.1, 0.15) is 29.9 Å². The van der Waals surface area contributed by atoms with Crippen molar-refractivity contribution < 1.29 is 18.0 Å². The van der Waals surface area contributed by atoms with E-state index in [1.165, 1.54) is 0 Å². The Hall–Kier alpha value is -3.02. The summed E-state index contributed by atoms with van der Waals surface area (Å²) in [6.07, 6.45) is 1.55. The lowest BCUT2D eigenvalue weighted by Gasteiger charge is -2.22. The van der Waals surface area contributed by atoms with Gasteiger partial charge in [0.1, 0.15) is 17.9 Å². The summed E-state index contributed by atoms with van der Waals surface area (Å²) >= 11 is 0. The minimum absolute atomic E-state index is 0.0663. The molecule has 0 fully saturated rings. The second kappa shape index (κ2) is 7.07. The summed E-state index contributed by atoms with van der Waals surface area (Å²) in [6, 6.07) is 12.2. The van der Waals surface area contributed by atoms with Crippen LogP contribution in [0.25, 0.3) is 11.5 Å². The van der Waals surface area contributed by atoms with Crippen LogP contribution in [-0.2, 0) is 5.41 Å². The summed E-state index contributed by atoms with van der Waals surface area (Å²) in [7, 11) is 0. The van der Waals surface area contributed by atoms with Crippen molar-refractivity contribution >= 4 is 5.91 Å². The molecule has 1 heterocycles. The van der Waals surface area contributed by atoms with Gasteiger partial charge >= 0.3 is 0 Å². The fourth-order valence-electron chi connectivity index (χ4n) is 2.48. The summed E-state index contributed by atoms with van der Waals surface area (Å²) in [6.45, 7) is 4.02. The van der Waals surface area contributed by atoms with Crippen LogP contribution in [-0.4, -0.2) is 17.4 Å². The van der Waals surface area contributed by atoms with Crippen molar-refractivity contribution in [2.24, 2.45) is 0 Å². The molecule has 0 unspecified atom stereocenters. The van der Waals surface area contributed by atoms with Crippen LogP contribution in [0.5, 0.6) is 0 Å². The molecule has 0 aliphatic carbocycles. The molecule has 0 spiro atoms. The Balaban J connectivity index is 1.71. The number of nitrogens with one attached hydrogen (secondary N) is 1. The monoisotopic (exact) mass is 356 g/mol. The lowest BCUT2D eigenvalue weighted by Crippen LogP contribution is -2.37. The van der Waals surface area contributed by atoms with E-state index in [0.29, 0.717) is 11.6 Å². The van der Waals surface area contributed by atoms with E-state index in [1.54, 1.807) is 6.26 Å². The van der Waals surface area contributed by atoms with Gasteiger partial charge < -0.3 is 9.73 Å². The second-order valence-electron chi connectivity index (χ2n) is 6.63. The molecule has 26 heavy (non-hydrogen) atoms. The Morgan fingerprint density at radius 2 is 1.77 bits per heavy atom. The molecule has 4 nitrogen and oxygen atoms in total. The van der Waals surface area contributed by atoms with E-state index in [4.69, 9.17) is 4.42 Å². The molecule has 0 saturated heterocycles. The molecule has 1 amide bonds. The molecular weight excluding hydrogens is 338 g/mol. The first-order chi connectivity index (χ1) is 12.3. The Kier molecular flexibility index (Phi) is 4.84. The van der Waals surface area contributed by atoms with E-state index < -0.39 is 23.0 Å². The molecule has 3 rings (SSSR count). The number of hydrogen-bond donors (Lipinski definition) is 1. The van der Waals surface area contributed by atoms with Crippen LogP contribution in [0.4, 0.5) is 8.78 Å². The molecule has 0 radical (unpaired) electrons. The predicted octanol–water partition coefficient (Wildman–Crippen LogP) is 4.33. The van der Waals surface area contributed by atoms with Crippen LogP contribution in [0.15, 0.2) is 59.2 Å². The molecule has 2 aromatic carbocycles. The molecule has 3 aromatic rings. The molecule has 0 bridgehead atoms. The second-order valence-corrected chi connectivity index (χ2v) is 6.63. The van der Waals surface area contributed by atoms with Crippen molar-refractivity contribution in [2.75, 3.05) is 6.54 Å². The first-order valence-corrected chi connectivity index (χ1v) is 8.11. The average Bonchev–Trinajstić information content (AvgIpc) is 3.11. The maximum atomic E-state index is 13.2. The lowest BCUT2D eigenvalue weighted by atomic mass is 9.90. The van der Waals surface area contributed by atoms with E-state index >= 15 is 0 Å². The number of carbonyl (C=O) groups is 1. The van der Waals surface area contributed by atoms with Gasteiger partial charge in [-0.05, 0) is 24.3 Å². The number of oxazole rings is 1. The number of amides is 1. The summed E-state index contributed by atoms with van der Waals surface area (Å²) in [4.78, 5) is 16.7. The number of nitrogens with zero attached hydrogens (tertiary/aromatic N) is 1. The van der Waals surface area contributed by atoms with Gasteiger partial charge in [-0.1, -0.05) is 32.0 Å². The number of halogens is 2. The van der Waals surface area contributed by atoms with Gasteiger partial charge in [0.05, 0.1) is 5.69 Å². The molecule has 0 aliphatic rings. The van der Waals surface area contributed by atoms with Crippen LogP contribution >= 0.6 is 0 Å². The fourth-order valence-corrected chi connectivity index (χ4v) is 2.48. The topological polar surface area (TPSA) is 55.1 Å². The highest BCUT2D eigenvalue weighted by molar-refractivity contribution is 5.94. The van der Waals surface area contributed by atoms with E-state index in [1.807, 2.05) is 44.2 Å². The van der Waals surface area contributed by atoms with Crippen LogP contribution < -0.4 is 5.32 Å². The molecule has 1 N–H and O–H groups in total. The summed E-state index contributed by atoms with van der Waals surface area (Å²) in [5, 5.41) is 2.69. The van der Waals surface area contributed by atoms with Crippen molar-refractivity contribution in [2.45, 2.75) is 19.3 Å². The number of benzene rings is 2. The highest BCUT2D eigenvalue weighted by Gasteiger charge is 2.26. The zero-order chi connectivity index (χ0) is 18.7. The zero-order valence-corrected chi connectivity index (χ0v) is 14.4. The SMILES string of the molecule is CC(C)(CNC(=O)c1cc(F)cc(F)c1)c1coc(-c2ccccc2)n1. The molecule has 6 heteroatoms. The lowest BCUT2D eigenvalue weighted by molar-refractivity contribution is 0.0944.